The summed E-state index contributed by atoms with van der Waals surface area (Å²) in [6.45, 7) is 3.03. The van der Waals surface area contributed by atoms with Crippen molar-refractivity contribution < 1.29 is 13.5 Å². The summed E-state index contributed by atoms with van der Waals surface area (Å²) in [5.41, 5.74) is 0.943. The summed E-state index contributed by atoms with van der Waals surface area (Å²) >= 11 is 0. The maximum Gasteiger partial charge on any atom is 0.387 e. The van der Waals surface area contributed by atoms with Crippen molar-refractivity contribution in [1.82, 2.24) is 5.32 Å². The Bertz CT molecular complexity index is 316. The first kappa shape index (κ1) is 12.9. The average molecular weight is 229 g/mol. The van der Waals surface area contributed by atoms with E-state index in [-0.39, 0.29) is 5.75 Å². The molecule has 1 aromatic carbocycles. The van der Waals surface area contributed by atoms with E-state index in [4.69, 9.17) is 0 Å². The van der Waals surface area contributed by atoms with Crippen LogP contribution < -0.4 is 10.1 Å². The minimum Gasteiger partial charge on any atom is -0.435 e. The SMILES string of the molecule is CC(C)CNCc1cccc(OC(F)F)c1. The standard InChI is InChI=1S/C12H17F2NO/c1-9(2)7-15-8-10-4-3-5-11(6-10)16-12(13)14/h3-6,9,12,15H,7-8H2,1-2H3. The minimum atomic E-state index is -2.76. The van der Waals surface area contributed by atoms with Crippen molar-refractivity contribution in [2.75, 3.05) is 6.54 Å². The van der Waals surface area contributed by atoms with E-state index in [1.165, 1.54) is 6.07 Å². The molecule has 0 saturated heterocycles. The van der Waals surface area contributed by atoms with Gasteiger partial charge in [-0.3, -0.25) is 0 Å². The smallest absolute Gasteiger partial charge is 0.387 e. The van der Waals surface area contributed by atoms with E-state index < -0.39 is 6.61 Å². The Hall–Kier alpha value is -1.16. The predicted molar refractivity (Wildman–Crippen MR) is 59.6 cm³/mol. The Labute approximate surface area is 94.6 Å². The molecule has 0 atom stereocenters. The molecule has 0 aromatic heterocycles. The second kappa shape index (κ2) is 6.43. The Morgan fingerprint density at radius 2 is 2.06 bits per heavy atom. The zero-order valence-corrected chi connectivity index (χ0v) is 9.54. The van der Waals surface area contributed by atoms with Crippen LogP contribution in [0.2, 0.25) is 0 Å². The highest BCUT2D eigenvalue weighted by Crippen LogP contribution is 2.15. The van der Waals surface area contributed by atoms with Crippen molar-refractivity contribution >= 4 is 0 Å². The van der Waals surface area contributed by atoms with E-state index in [0.717, 1.165) is 12.1 Å². The number of rotatable bonds is 6. The number of hydrogen-bond acceptors (Lipinski definition) is 2. The molecule has 0 heterocycles. The molecule has 4 heteroatoms. The highest BCUT2D eigenvalue weighted by atomic mass is 19.3. The molecule has 0 aliphatic heterocycles. The van der Waals surface area contributed by atoms with Gasteiger partial charge in [0.1, 0.15) is 5.75 Å². The van der Waals surface area contributed by atoms with Gasteiger partial charge in [-0.05, 0) is 30.2 Å². The summed E-state index contributed by atoms with van der Waals surface area (Å²) in [6, 6.07) is 6.74. The molecule has 2 nitrogen and oxygen atoms in total. The fourth-order valence-corrected chi connectivity index (χ4v) is 1.34. The zero-order valence-electron chi connectivity index (χ0n) is 9.54. The number of hydrogen-bond donors (Lipinski definition) is 1. The third-order valence-corrected chi connectivity index (χ3v) is 2.01. The van der Waals surface area contributed by atoms with Gasteiger partial charge in [-0.1, -0.05) is 26.0 Å². The van der Waals surface area contributed by atoms with Gasteiger partial charge < -0.3 is 10.1 Å². The summed E-state index contributed by atoms with van der Waals surface area (Å²) in [4.78, 5) is 0. The number of halogens is 2. The predicted octanol–water partition coefficient (Wildman–Crippen LogP) is 3.03. The molecule has 90 valence electrons. The van der Waals surface area contributed by atoms with Gasteiger partial charge in [0.2, 0.25) is 0 Å². The van der Waals surface area contributed by atoms with E-state index in [0.29, 0.717) is 12.5 Å². The van der Waals surface area contributed by atoms with Gasteiger partial charge in [-0.2, -0.15) is 8.78 Å². The van der Waals surface area contributed by atoms with Crippen molar-refractivity contribution in [1.29, 1.82) is 0 Å². The maximum absolute atomic E-state index is 12.0. The molecule has 0 amide bonds. The lowest BCUT2D eigenvalue weighted by molar-refractivity contribution is -0.0498. The quantitative estimate of drug-likeness (QED) is 0.809. The first-order chi connectivity index (χ1) is 7.58. The van der Waals surface area contributed by atoms with Crippen LogP contribution in [0.5, 0.6) is 5.75 Å². The molecule has 0 fully saturated rings. The van der Waals surface area contributed by atoms with Crippen LogP contribution in [0, 0.1) is 5.92 Å². The largest absolute Gasteiger partial charge is 0.435 e. The normalized spacial score (nSPS) is 11.1. The van der Waals surface area contributed by atoms with Crippen LogP contribution in [0.1, 0.15) is 19.4 Å². The number of alkyl halides is 2. The first-order valence-corrected chi connectivity index (χ1v) is 5.32. The molecule has 0 spiro atoms. The van der Waals surface area contributed by atoms with Crippen LogP contribution >= 0.6 is 0 Å². The lowest BCUT2D eigenvalue weighted by Gasteiger charge is -2.09. The highest BCUT2D eigenvalue weighted by Gasteiger charge is 2.04. The van der Waals surface area contributed by atoms with Gasteiger partial charge in [0.05, 0.1) is 0 Å². The molecular formula is C12H17F2NO. The van der Waals surface area contributed by atoms with Crippen LogP contribution in [-0.2, 0) is 6.54 Å². The molecule has 1 aromatic rings. The Kier molecular flexibility index (Phi) is 5.19. The topological polar surface area (TPSA) is 21.3 Å². The highest BCUT2D eigenvalue weighted by molar-refractivity contribution is 5.28. The number of nitrogens with one attached hydrogen (secondary N) is 1. The summed E-state index contributed by atoms with van der Waals surface area (Å²) in [7, 11) is 0. The second-order valence-corrected chi connectivity index (χ2v) is 4.05. The monoisotopic (exact) mass is 229 g/mol. The molecule has 0 unspecified atom stereocenters. The fourth-order valence-electron chi connectivity index (χ4n) is 1.34. The van der Waals surface area contributed by atoms with Crippen molar-refractivity contribution in [3.63, 3.8) is 0 Å². The molecule has 1 N–H and O–H groups in total. The van der Waals surface area contributed by atoms with Crippen LogP contribution in [0.25, 0.3) is 0 Å². The van der Waals surface area contributed by atoms with E-state index in [2.05, 4.69) is 23.9 Å². The van der Waals surface area contributed by atoms with E-state index in [9.17, 15) is 8.78 Å². The Balaban J connectivity index is 2.47. The molecule has 16 heavy (non-hydrogen) atoms. The lowest BCUT2D eigenvalue weighted by atomic mass is 10.2. The van der Waals surface area contributed by atoms with Crippen LogP contribution in [0.15, 0.2) is 24.3 Å². The average Bonchev–Trinajstić information content (AvgIpc) is 2.16. The summed E-state index contributed by atoms with van der Waals surface area (Å²) in [5.74, 6) is 0.777. The first-order valence-electron chi connectivity index (χ1n) is 5.32. The third-order valence-electron chi connectivity index (χ3n) is 2.01. The molecule has 0 bridgehead atoms. The summed E-state index contributed by atoms with van der Waals surface area (Å²) in [6.07, 6.45) is 0. The lowest BCUT2D eigenvalue weighted by Crippen LogP contribution is -2.18. The second-order valence-electron chi connectivity index (χ2n) is 4.05. The molecule has 0 radical (unpaired) electrons. The van der Waals surface area contributed by atoms with Gasteiger partial charge in [0, 0.05) is 6.54 Å². The van der Waals surface area contributed by atoms with Crippen LogP contribution in [0.4, 0.5) is 8.78 Å². The zero-order chi connectivity index (χ0) is 12.0. The van der Waals surface area contributed by atoms with E-state index in [1.54, 1.807) is 12.1 Å². The van der Waals surface area contributed by atoms with Gasteiger partial charge in [-0.15, -0.1) is 0 Å². The van der Waals surface area contributed by atoms with E-state index >= 15 is 0 Å². The van der Waals surface area contributed by atoms with Gasteiger partial charge in [0.15, 0.2) is 0 Å². The Morgan fingerprint density at radius 1 is 1.31 bits per heavy atom. The minimum absolute atomic E-state index is 0.207. The number of ether oxygens (including phenoxy) is 1. The molecule has 0 aliphatic rings. The molecule has 0 saturated carbocycles. The van der Waals surface area contributed by atoms with E-state index in [1.807, 2.05) is 6.07 Å². The molecule has 0 aliphatic carbocycles. The van der Waals surface area contributed by atoms with Crippen molar-refractivity contribution in [3.8, 4) is 5.75 Å². The molecule has 1 rings (SSSR count). The third kappa shape index (κ3) is 5.07. The van der Waals surface area contributed by atoms with Crippen molar-refractivity contribution in [3.05, 3.63) is 29.8 Å². The van der Waals surface area contributed by atoms with Gasteiger partial charge >= 0.3 is 6.61 Å². The van der Waals surface area contributed by atoms with Crippen molar-refractivity contribution in [2.24, 2.45) is 5.92 Å². The number of benzene rings is 1. The summed E-state index contributed by atoms with van der Waals surface area (Å²) < 4.78 is 28.3. The van der Waals surface area contributed by atoms with Gasteiger partial charge in [0.25, 0.3) is 0 Å². The fraction of sp³-hybridized carbons (Fsp3) is 0.500. The van der Waals surface area contributed by atoms with Gasteiger partial charge in [-0.25, -0.2) is 0 Å². The Morgan fingerprint density at radius 3 is 2.69 bits per heavy atom. The van der Waals surface area contributed by atoms with Crippen LogP contribution in [0.3, 0.4) is 0 Å². The maximum atomic E-state index is 12.0. The molecular weight excluding hydrogens is 212 g/mol. The van der Waals surface area contributed by atoms with Crippen LogP contribution in [-0.4, -0.2) is 13.2 Å². The van der Waals surface area contributed by atoms with Crippen molar-refractivity contribution in [2.45, 2.75) is 27.0 Å². The summed E-state index contributed by atoms with van der Waals surface area (Å²) in [5, 5.41) is 3.24.